The van der Waals surface area contributed by atoms with Gasteiger partial charge in [0.2, 0.25) is 0 Å². The lowest BCUT2D eigenvalue weighted by Crippen LogP contribution is -2.39. The van der Waals surface area contributed by atoms with Gasteiger partial charge in [-0.25, -0.2) is 0 Å². The highest BCUT2D eigenvalue weighted by Crippen LogP contribution is 2.21. The summed E-state index contributed by atoms with van der Waals surface area (Å²) in [6.07, 6.45) is 1.41. The Labute approximate surface area is 114 Å². The van der Waals surface area contributed by atoms with Crippen molar-refractivity contribution in [2.24, 2.45) is 5.73 Å². The summed E-state index contributed by atoms with van der Waals surface area (Å²) in [5, 5.41) is 0. The monoisotopic (exact) mass is 262 g/mol. The fraction of sp³-hybridized carbons (Fsp3) is 0.533. The maximum absolute atomic E-state index is 12.4. The Bertz CT molecular complexity index is 408. The van der Waals surface area contributed by atoms with Crippen molar-refractivity contribution in [1.82, 2.24) is 4.90 Å². The van der Waals surface area contributed by atoms with Gasteiger partial charge in [-0.15, -0.1) is 0 Å². The van der Waals surface area contributed by atoms with Crippen LogP contribution < -0.4 is 5.73 Å². The van der Waals surface area contributed by atoms with E-state index in [0.29, 0.717) is 19.6 Å². The third-order valence-electron chi connectivity index (χ3n) is 3.56. The molecule has 4 nitrogen and oxygen atoms in total. The van der Waals surface area contributed by atoms with Gasteiger partial charge in [0.25, 0.3) is 5.91 Å². The Balaban J connectivity index is 1.96. The van der Waals surface area contributed by atoms with Crippen LogP contribution in [0, 0.1) is 0 Å². The molecule has 104 valence electrons. The molecule has 1 aromatic rings. The topological polar surface area (TPSA) is 55.6 Å². The fourth-order valence-electron chi connectivity index (χ4n) is 2.41. The molecule has 1 fully saturated rings. The number of carbonyl (C=O) groups excluding carboxylic acids is 1. The van der Waals surface area contributed by atoms with Crippen LogP contribution >= 0.6 is 0 Å². The molecule has 1 saturated heterocycles. The van der Waals surface area contributed by atoms with Crippen molar-refractivity contribution in [1.29, 1.82) is 0 Å². The molecule has 0 aliphatic carbocycles. The maximum atomic E-state index is 12.4. The minimum Gasteiger partial charge on any atom is -0.364 e. The molecule has 4 heteroatoms. The zero-order valence-electron chi connectivity index (χ0n) is 11.4. The standard InChI is InChI=1S/C15H22N2O2/c1-2-17(11-12-6-4-3-5-7-12)15(18)14-9-8-13(10-16)19-14/h3-7,13-14H,2,8-11,16H2,1H3/t13-,14+/m1/s1. The molecule has 1 heterocycles. The lowest BCUT2D eigenvalue weighted by atomic mass is 10.1. The molecule has 1 aromatic carbocycles. The van der Waals surface area contributed by atoms with Crippen LogP contribution in [0.2, 0.25) is 0 Å². The second-order valence-electron chi connectivity index (χ2n) is 4.90. The second-order valence-corrected chi connectivity index (χ2v) is 4.90. The van der Waals surface area contributed by atoms with E-state index in [9.17, 15) is 4.79 Å². The molecule has 1 aliphatic heterocycles. The third-order valence-corrected chi connectivity index (χ3v) is 3.56. The molecular formula is C15H22N2O2. The Morgan fingerprint density at radius 3 is 2.68 bits per heavy atom. The first kappa shape index (κ1) is 14.0. The highest BCUT2D eigenvalue weighted by molar-refractivity contribution is 5.81. The van der Waals surface area contributed by atoms with Crippen molar-refractivity contribution in [3.05, 3.63) is 35.9 Å². The van der Waals surface area contributed by atoms with E-state index in [1.165, 1.54) is 0 Å². The Morgan fingerprint density at radius 2 is 2.11 bits per heavy atom. The number of ether oxygens (including phenoxy) is 1. The molecule has 1 amide bonds. The van der Waals surface area contributed by atoms with Crippen molar-refractivity contribution in [2.45, 2.75) is 38.5 Å². The Morgan fingerprint density at radius 1 is 1.37 bits per heavy atom. The molecule has 0 unspecified atom stereocenters. The van der Waals surface area contributed by atoms with Crippen molar-refractivity contribution in [2.75, 3.05) is 13.1 Å². The van der Waals surface area contributed by atoms with Gasteiger partial charge in [-0.2, -0.15) is 0 Å². The number of nitrogens with zero attached hydrogens (tertiary/aromatic N) is 1. The van der Waals surface area contributed by atoms with Crippen LogP contribution in [0.5, 0.6) is 0 Å². The van der Waals surface area contributed by atoms with E-state index in [1.807, 2.05) is 42.2 Å². The van der Waals surface area contributed by atoms with Gasteiger partial charge in [0.15, 0.2) is 0 Å². The number of carbonyl (C=O) groups is 1. The summed E-state index contributed by atoms with van der Waals surface area (Å²) in [6, 6.07) is 10.0. The lowest BCUT2D eigenvalue weighted by Gasteiger charge is -2.24. The summed E-state index contributed by atoms with van der Waals surface area (Å²) in [5.74, 6) is 0.0855. The zero-order chi connectivity index (χ0) is 13.7. The van der Waals surface area contributed by atoms with Gasteiger partial charge in [0, 0.05) is 19.6 Å². The third kappa shape index (κ3) is 3.55. The molecular weight excluding hydrogens is 240 g/mol. The van der Waals surface area contributed by atoms with E-state index in [2.05, 4.69) is 0 Å². The lowest BCUT2D eigenvalue weighted by molar-refractivity contribution is -0.143. The predicted octanol–water partition coefficient (Wildman–Crippen LogP) is 1.54. The molecule has 2 N–H and O–H groups in total. The molecule has 2 atom stereocenters. The van der Waals surface area contributed by atoms with Gasteiger partial charge in [-0.05, 0) is 25.3 Å². The molecule has 0 bridgehead atoms. The van der Waals surface area contributed by atoms with Crippen LogP contribution in [-0.4, -0.2) is 36.1 Å². The van der Waals surface area contributed by atoms with Gasteiger partial charge < -0.3 is 15.4 Å². The second kappa shape index (κ2) is 6.68. The predicted molar refractivity (Wildman–Crippen MR) is 74.5 cm³/mol. The summed E-state index contributed by atoms with van der Waals surface area (Å²) in [7, 11) is 0. The molecule has 0 radical (unpaired) electrons. The van der Waals surface area contributed by atoms with Crippen molar-refractivity contribution in [3.8, 4) is 0 Å². The van der Waals surface area contributed by atoms with Gasteiger partial charge in [-0.1, -0.05) is 30.3 Å². The summed E-state index contributed by atoms with van der Waals surface area (Å²) in [6.45, 7) is 3.83. The van der Waals surface area contributed by atoms with Crippen LogP contribution in [0.4, 0.5) is 0 Å². The minimum absolute atomic E-state index is 0.0457. The van der Waals surface area contributed by atoms with Crippen molar-refractivity contribution in [3.63, 3.8) is 0 Å². The summed E-state index contributed by atoms with van der Waals surface area (Å²) in [4.78, 5) is 14.2. The summed E-state index contributed by atoms with van der Waals surface area (Å²) >= 11 is 0. The van der Waals surface area contributed by atoms with Crippen LogP contribution in [-0.2, 0) is 16.1 Å². The maximum Gasteiger partial charge on any atom is 0.252 e. The van der Waals surface area contributed by atoms with Crippen LogP contribution in [0.25, 0.3) is 0 Å². The number of amides is 1. The highest BCUT2D eigenvalue weighted by Gasteiger charge is 2.32. The fourth-order valence-corrected chi connectivity index (χ4v) is 2.41. The summed E-state index contributed by atoms with van der Waals surface area (Å²) < 4.78 is 5.68. The van der Waals surface area contributed by atoms with E-state index in [0.717, 1.165) is 18.4 Å². The van der Waals surface area contributed by atoms with Gasteiger partial charge in [0.05, 0.1) is 6.10 Å². The number of nitrogens with two attached hydrogens (primary N) is 1. The van der Waals surface area contributed by atoms with E-state index < -0.39 is 0 Å². The molecule has 0 saturated carbocycles. The van der Waals surface area contributed by atoms with Crippen LogP contribution in [0.15, 0.2) is 30.3 Å². The SMILES string of the molecule is CCN(Cc1ccccc1)C(=O)[C@@H]1CC[C@H](CN)O1. The van der Waals surface area contributed by atoms with Gasteiger partial charge in [0.1, 0.15) is 6.10 Å². The average molecular weight is 262 g/mol. The quantitative estimate of drug-likeness (QED) is 0.875. The average Bonchev–Trinajstić information content (AvgIpc) is 2.94. The van der Waals surface area contributed by atoms with E-state index >= 15 is 0 Å². The zero-order valence-corrected chi connectivity index (χ0v) is 11.4. The number of likely N-dealkylation sites (N-methyl/N-ethyl adjacent to an activating group) is 1. The minimum atomic E-state index is -0.308. The number of rotatable bonds is 5. The first-order chi connectivity index (χ1) is 9.24. The van der Waals surface area contributed by atoms with Crippen molar-refractivity contribution < 1.29 is 9.53 Å². The largest absolute Gasteiger partial charge is 0.364 e. The smallest absolute Gasteiger partial charge is 0.252 e. The van der Waals surface area contributed by atoms with Crippen molar-refractivity contribution >= 4 is 5.91 Å². The number of hydrogen-bond donors (Lipinski definition) is 1. The highest BCUT2D eigenvalue weighted by atomic mass is 16.5. The molecule has 1 aliphatic rings. The number of benzene rings is 1. The number of hydrogen-bond acceptors (Lipinski definition) is 3. The van der Waals surface area contributed by atoms with Crippen LogP contribution in [0.1, 0.15) is 25.3 Å². The van der Waals surface area contributed by atoms with E-state index in [4.69, 9.17) is 10.5 Å². The first-order valence-electron chi connectivity index (χ1n) is 6.92. The molecule has 2 rings (SSSR count). The van der Waals surface area contributed by atoms with Gasteiger partial charge >= 0.3 is 0 Å². The van der Waals surface area contributed by atoms with E-state index in [-0.39, 0.29) is 18.1 Å². The summed E-state index contributed by atoms with van der Waals surface area (Å²) in [5.41, 5.74) is 6.72. The van der Waals surface area contributed by atoms with Crippen LogP contribution in [0.3, 0.4) is 0 Å². The van der Waals surface area contributed by atoms with E-state index in [1.54, 1.807) is 0 Å². The molecule has 0 aromatic heterocycles. The Hall–Kier alpha value is -1.39. The molecule has 19 heavy (non-hydrogen) atoms. The normalized spacial score (nSPS) is 22.4. The van der Waals surface area contributed by atoms with Gasteiger partial charge in [-0.3, -0.25) is 4.79 Å². The molecule has 0 spiro atoms. The first-order valence-corrected chi connectivity index (χ1v) is 6.92. The Kier molecular flexibility index (Phi) is 4.93.